The molecule has 4 N–H and O–H groups in total. The van der Waals surface area contributed by atoms with Gasteiger partial charge in [0.05, 0.1) is 23.1 Å². The van der Waals surface area contributed by atoms with Crippen molar-refractivity contribution >= 4 is 23.5 Å². The molecule has 0 saturated heterocycles. The zero-order valence-corrected chi connectivity index (χ0v) is 15.1. The van der Waals surface area contributed by atoms with Gasteiger partial charge in [-0.2, -0.15) is 5.26 Å². The van der Waals surface area contributed by atoms with Crippen molar-refractivity contribution in [3.8, 4) is 11.8 Å². The maximum absolute atomic E-state index is 13.3. The predicted molar refractivity (Wildman–Crippen MR) is 96.3 cm³/mol. The van der Waals surface area contributed by atoms with Gasteiger partial charge in [-0.1, -0.05) is 11.6 Å². The summed E-state index contributed by atoms with van der Waals surface area (Å²) in [5.74, 6) is -2.95. The maximum Gasteiger partial charge on any atom is 0.328 e. The molecule has 1 atom stereocenters. The lowest BCUT2D eigenvalue weighted by molar-refractivity contribution is -0.134. The lowest BCUT2D eigenvalue weighted by Crippen LogP contribution is -2.13. The van der Waals surface area contributed by atoms with Gasteiger partial charge in [-0.25, -0.2) is 14.0 Å². The molecule has 0 aliphatic carbocycles. The van der Waals surface area contributed by atoms with Crippen molar-refractivity contribution in [1.82, 2.24) is 0 Å². The Kier molecular flexibility index (Phi) is 9.22. The molecule has 0 spiro atoms. The highest BCUT2D eigenvalue weighted by atomic mass is 35.5. The van der Waals surface area contributed by atoms with Crippen LogP contribution in [-0.2, 0) is 9.59 Å². The summed E-state index contributed by atoms with van der Waals surface area (Å²) in [4.78, 5) is 19.1. The molecule has 1 aromatic carbocycles. The molecule has 0 aliphatic rings. The molecule has 0 amide bonds. The number of hydrogen-bond donors (Lipinski definition) is 3. The second-order valence-corrected chi connectivity index (χ2v) is 5.53. The van der Waals surface area contributed by atoms with E-state index in [0.29, 0.717) is 25.1 Å². The van der Waals surface area contributed by atoms with Crippen molar-refractivity contribution in [3.63, 3.8) is 0 Å². The van der Waals surface area contributed by atoms with Gasteiger partial charge in [0, 0.05) is 30.2 Å². The second kappa shape index (κ2) is 11.4. The largest absolute Gasteiger partial charge is 0.484 e. The Morgan fingerprint density at radius 1 is 1.36 bits per heavy atom. The molecule has 0 unspecified atom stereocenters. The van der Waals surface area contributed by atoms with Crippen LogP contribution in [0.2, 0.25) is 5.02 Å². The highest BCUT2D eigenvalue weighted by Crippen LogP contribution is 2.31. The minimum Gasteiger partial charge on any atom is -0.484 e. The van der Waals surface area contributed by atoms with E-state index in [2.05, 4.69) is 0 Å². The first-order valence-electron chi connectivity index (χ1n) is 7.70. The molecule has 1 heterocycles. The Labute approximate surface area is 164 Å². The van der Waals surface area contributed by atoms with Gasteiger partial charge in [-0.05, 0) is 18.7 Å². The van der Waals surface area contributed by atoms with Gasteiger partial charge in [0.1, 0.15) is 23.7 Å². The van der Waals surface area contributed by atoms with E-state index in [1.54, 1.807) is 6.07 Å². The zero-order chi connectivity index (χ0) is 21.1. The van der Waals surface area contributed by atoms with Crippen LogP contribution in [-0.4, -0.2) is 28.7 Å². The number of carbonyl (C=O) groups is 2. The van der Waals surface area contributed by atoms with Crippen LogP contribution >= 0.6 is 11.6 Å². The number of nitrogens with zero attached hydrogens (tertiary/aromatic N) is 1. The number of furan rings is 1. The summed E-state index contributed by atoms with van der Waals surface area (Å²) in [6.45, 7) is 0.395. The molecular weight excluding hydrogens is 395 g/mol. The topological polar surface area (TPSA) is 147 Å². The number of ether oxygens (including phenoxy) is 1. The van der Waals surface area contributed by atoms with Crippen LogP contribution in [0.15, 0.2) is 47.3 Å². The van der Waals surface area contributed by atoms with Crippen LogP contribution in [0, 0.1) is 17.1 Å². The van der Waals surface area contributed by atoms with Crippen LogP contribution in [0.4, 0.5) is 4.39 Å². The van der Waals surface area contributed by atoms with Crippen LogP contribution in [0.25, 0.3) is 0 Å². The second-order valence-electron chi connectivity index (χ2n) is 5.12. The Hall–Kier alpha value is -3.35. The number of nitriles is 1. The SMILES string of the molecule is N#Cc1cc(F)c(Cl)cc1O[C@H](CCN)c1ccoc1.O=C(O)/C=C/C(=O)O. The molecule has 1 aromatic heterocycles. The third-order valence-electron chi connectivity index (χ3n) is 3.12. The predicted octanol–water partition coefficient (Wildman–Crippen LogP) is 3.12. The van der Waals surface area contributed by atoms with Crippen molar-refractivity contribution in [2.75, 3.05) is 6.54 Å². The Morgan fingerprint density at radius 2 is 2.00 bits per heavy atom. The van der Waals surface area contributed by atoms with E-state index in [9.17, 15) is 14.0 Å². The van der Waals surface area contributed by atoms with Crippen molar-refractivity contribution in [2.45, 2.75) is 12.5 Å². The fourth-order valence-corrected chi connectivity index (χ4v) is 2.07. The minimum atomic E-state index is -1.26. The lowest BCUT2D eigenvalue weighted by Gasteiger charge is -2.18. The molecule has 0 aliphatic heterocycles. The van der Waals surface area contributed by atoms with E-state index in [0.717, 1.165) is 11.6 Å². The normalized spacial score (nSPS) is 11.2. The van der Waals surface area contributed by atoms with Crippen molar-refractivity contribution in [1.29, 1.82) is 5.26 Å². The molecule has 0 fully saturated rings. The quantitative estimate of drug-likeness (QED) is 0.590. The van der Waals surface area contributed by atoms with E-state index >= 15 is 0 Å². The molecular formula is C18H16ClFN2O6. The molecule has 28 heavy (non-hydrogen) atoms. The Bertz CT molecular complexity index is 861. The number of carboxylic acid groups (broad SMARTS) is 2. The van der Waals surface area contributed by atoms with Gasteiger partial charge >= 0.3 is 11.9 Å². The molecule has 0 radical (unpaired) electrons. The van der Waals surface area contributed by atoms with Crippen molar-refractivity contribution < 1.29 is 33.3 Å². The maximum atomic E-state index is 13.3. The summed E-state index contributed by atoms with van der Waals surface area (Å²) in [6, 6.07) is 5.96. The zero-order valence-electron chi connectivity index (χ0n) is 14.3. The van der Waals surface area contributed by atoms with Gasteiger partial charge in [-0.3, -0.25) is 0 Å². The Morgan fingerprint density at radius 3 is 2.46 bits per heavy atom. The summed E-state index contributed by atoms with van der Waals surface area (Å²) >= 11 is 5.72. The molecule has 2 aromatic rings. The number of halogens is 2. The summed E-state index contributed by atoms with van der Waals surface area (Å²) < 4.78 is 24.1. The molecule has 0 bridgehead atoms. The monoisotopic (exact) mass is 410 g/mol. The minimum absolute atomic E-state index is 0.0809. The van der Waals surface area contributed by atoms with Gasteiger partial charge in [-0.15, -0.1) is 0 Å². The fourth-order valence-electron chi connectivity index (χ4n) is 1.91. The smallest absolute Gasteiger partial charge is 0.328 e. The number of nitrogens with two attached hydrogens (primary N) is 1. The first-order valence-corrected chi connectivity index (χ1v) is 8.08. The average molecular weight is 411 g/mol. The number of rotatable bonds is 7. The summed E-state index contributed by atoms with van der Waals surface area (Å²) in [7, 11) is 0. The van der Waals surface area contributed by atoms with E-state index in [1.807, 2.05) is 6.07 Å². The van der Waals surface area contributed by atoms with Crippen LogP contribution in [0.3, 0.4) is 0 Å². The number of benzene rings is 1. The van der Waals surface area contributed by atoms with E-state index in [4.69, 9.17) is 42.0 Å². The first-order chi connectivity index (χ1) is 13.3. The highest BCUT2D eigenvalue weighted by Gasteiger charge is 2.17. The summed E-state index contributed by atoms with van der Waals surface area (Å²) in [5, 5.41) is 24.5. The highest BCUT2D eigenvalue weighted by molar-refractivity contribution is 6.30. The van der Waals surface area contributed by atoms with E-state index in [-0.39, 0.29) is 22.4 Å². The lowest BCUT2D eigenvalue weighted by atomic mass is 10.1. The Balaban J connectivity index is 0.000000416. The molecule has 2 rings (SSSR count). The molecule has 148 valence electrons. The standard InChI is InChI=1S/C14H12ClFN2O2.C4H4O4/c15-11-6-14(10(7-18)5-12(11)16)20-13(1-3-17)9-2-4-19-8-9;5-3(6)1-2-4(7)8/h2,4-6,8,13H,1,3,17H2;1-2H,(H,5,6)(H,7,8)/b;2-1+/t13-;/m1./s1. The first kappa shape index (κ1) is 22.7. The molecule has 0 saturated carbocycles. The van der Waals surface area contributed by atoms with E-state index < -0.39 is 17.8 Å². The van der Waals surface area contributed by atoms with Crippen molar-refractivity contribution in [3.05, 3.63) is 64.8 Å². The number of aliphatic carboxylic acids is 2. The fraction of sp³-hybridized carbons (Fsp3) is 0.167. The van der Waals surface area contributed by atoms with Crippen LogP contribution in [0.5, 0.6) is 5.75 Å². The van der Waals surface area contributed by atoms with Gasteiger partial charge in [0.25, 0.3) is 0 Å². The van der Waals surface area contributed by atoms with Crippen LogP contribution in [0.1, 0.15) is 23.7 Å². The number of carboxylic acids is 2. The molecule has 10 heteroatoms. The third-order valence-corrected chi connectivity index (χ3v) is 3.41. The van der Waals surface area contributed by atoms with Crippen molar-refractivity contribution in [2.24, 2.45) is 5.73 Å². The van der Waals surface area contributed by atoms with Gasteiger partial charge < -0.3 is 25.1 Å². The van der Waals surface area contributed by atoms with Gasteiger partial charge in [0.15, 0.2) is 0 Å². The third kappa shape index (κ3) is 7.49. The van der Waals surface area contributed by atoms with Gasteiger partial charge in [0.2, 0.25) is 0 Å². The average Bonchev–Trinajstić information content (AvgIpc) is 3.17. The summed E-state index contributed by atoms with van der Waals surface area (Å²) in [5.41, 5.74) is 6.42. The van der Waals surface area contributed by atoms with E-state index in [1.165, 1.54) is 18.6 Å². The molecule has 8 nitrogen and oxygen atoms in total. The van der Waals surface area contributed by atoms with Crippen LogP contribution < -0.4 is 10.5 Å². The summed E-state index contributed by atoms with van der Waals surface area (Å²) in [6.07, 6.45) is 4.32. The number of hydrogen-bond acceptors (Lipinski definition) is 6.